The average Bonchev–Trinajstić information content (AvgIpc) is 2.67. The van der Waals surface area contributed by atoms with Gasteiger partial charge in [-0.3, -0.25) is 4.79 Å². The normalized spacial score (nSPS) is 15.8. The number of hydrogen-bond acceptors (Lipinski definition) is 4. The number of methoxy groups -OCH3 is 1. The summed E-state index contributed by atoms with van der Waals surface area (Å²) in [6.45, 7) is 11.8. The highest BCUT2D eigenvalue weighted by molar-refractivity contribution is 5.24. The van der Waals surface area contributed by atoms with Crippen LogP contribution in [-0.2, 0) is 6.42 Å². The van der Waals surface area contributed by atoms with Crippen LogP contribution in [0.5, 0.6) is 5.95 Å². The van der Waals surface area contributed by atoms with E-state index in [1.807, 2.05) is 33.8 Å². The van der Waals surface area contributed by atoms with E-state index in [1.165, 1.54) is 18.7 Å². The smallest absolute Gasteiger partial charge is 0.288 e. The van der Waals surface area contributed by atoms with Crippen molar-refractivity contribution in [2.75, 3.05) is 7.11 Å². The van der Waals surface area contributed by atoms with E-state index < -0.39 is 6.10 Å². The Labute approximate surface area is 168 Å². The molecule has 1 aromatic rings. The van der Waals surface area contributed by atoms with Crippen molar-refractivity contribution < 1.29 is 14.3 Å². The molecule has 0 bridgehead atoms. The lowest BCUT2D eigenvalue weighted by atomic mass is 9.96. The predicted octanol–water partition coefficient (Wildman–Crippen LogP) is 5.30. The number of aliphatic hydroxyl groups excluding tert-OH is 1. The molecule has 0 aliphatic heterocycles. The molecule has 0 spiro atoms. The topological polar surface area (TPSA) is 59.7 Å². The van der Waals surface area contributed by atoms with Gasteiger partial charge in [0.1, 0.15) is 5.76 Å². The predicted molar refractivity (Wildman–Crippen MR) is 116 cm³/mol. The number of aliphatic hydroxyl groups is 1. The van der Waals surface area contributed by atoms with Crippen molar-refractivity contribution in [3.63, 3.8) is 0 Å². The first kappa shape index (κ1) is 23.7. The fourth-order valence-electron chi connectivity index (χ4n) is 2.80. The summed E-state index contributed by atoms with van der Waals surface area (Å²) >= 11 is 0. The van der Waals surface area contributed by atoms with Crippen molar-refractivity contribution in [2.45, 2.75) is 60.5 Å². The summed E-state index contributed by atoms with van der Waals surface area (Å²) in [4.78, 5) is 11.9. The zero-order valence-electron chi connectivity index (χ0n) is 18.2. The average molecular weight is 387 g/mol. The Bertz CT molecular complexity index is 821. The van der Waals surface area contributed by atoms with Crippen LogP contribution < -0.4 is 10.2 Å². The van der Waals surface area contributed by atoms with Gasteiger partial charge in [-0.05, 0) is 46.6 Å². The Morgan fingerprint density at radius 3 is 2.61 bits per heavy atom. The van der Waals surface area contributed by atoms with Crippen molar-refractivity contribution in [1.29, 1.82) is 0 Å². The maximum atomic E-state index is 11.9. The van der Waals surface area contributed by atoms with E-state index >= 15 is 0 Å². The Hall–Kier alpha value is -2.33. The molecule has 4 nitrogen and oxygen atoms in total. The van der Waals surface area contributed by atoms with Crippen LogP contribution in [0.3, 0.4) is 0 Å². The van der Waals surface area contributed by atoms with Crippen LogP contribution in [0.4, 0.5) is 0 Å². The number of hydrogen-bond donors (Lipinski definition) is 1. The Kier molecular flexibility index (Phi) is 9.74. The maximum Gasteiger partial charge on any atom is 0.288 e. The summed E-state index contributed by atoms with van der Waals surface area (Å²) in [7, 11) is 1.48. The Morgan fingerprint density at radius 2 is 2.00 bits per heavy atom. The fourth-order valence-corrected chi connectivity index (χ4v) is 2.80. The molecule has 2 atom stereocenters. The fraction of sp³-hybridized carbons (Fsp3) is 0.458. The van der Waals surface area contributed by atoms with Gasteiger partial charge in [-0.25, -0.2) is 0 Å². The van der Waals surface area contributed by atoms with Gasteiger partial charge in [0.15, 0.2) is 5.43 Å². The molecular formula is C24H34O4. The first-order valence-corrected chi connectivity index (χ1v) is 9.68. The SMILES string of the molecule is C/C=C(\C)[C@H](O)[C@H](C)/C=C(C)/C=C/C/C(C)=C/Cc1oc(OC)cc(=O)c1C. The van der Waals surface area contributed by atoms with Crippen LogP contribution in [0.25, 0.3) is 0 Å². The van der Waals surface area contributed by atoms with E-state index in [2.05, 4.69) is 31.2 Å². The molecule has 28 heavy (non-hydrogen) atoms. The van der Waals surface area contributed by atoms with E-state index in [1.54, 1.807) is 6.92 Å². The summed E-state index contributed by atoms with van der Waals surface area (Å²) < 4.78 is 10.6. The van der Waals surface area contributed by atoms with Gasteiger partial charge in [-0.1, -0.05) is 48.5 Å². The van der Waals surface area contributed by atoms with Gasteiger partial charge in [-0.15, -0.1) is 0 Å². The minimum atomic E-state index is -0.448. The molecule has 154 valence electrons. The van der Waals surface area contributed by atoms with E-state index in [0.717, 1.165) is 17.6 Å². The molecule has 0 radical (unpaired) electrons. The van der Waals surface area contributed by atoms with Crippen LogP contribution in [0.15, 0.2) is 62.4 Å². The lowest BCUT2D eigenvalue weighted by Gasteiger charge is -2.16. The second-order valence-electron chi connectivity index (χ2n) is 7.29. The third-order valence-electron chi connectivity index (χ3n) is 4.86. The molecule has 1 aromatic heterocycles. The van der Waals surface area contributed by atoms with Gasteiger partial charge in [-0.2, -0.15) is 0 Å². The molecule has 0 saturated heterocycles. The summed E-state index contributed by atoms with van der Waals surface area (Å²) in [5.74, 6) is 0.934. The molecule has 0 unspecified atom stereocenters. The molecule has 0 aromatic carbocycles. The molecule has 1 heterocycles. The summed E-state index contributed by atoms with van der Waals surface area (Å²) in [6, 6.07) is 1.36. The van der Waals surface area contributed by atoms with Gasteiger partial charge in [0, 0.05) is 17.9 Å². The van der Waals surface area contributed by atoms with Gasteiger partial charge in [0.05, 0.1) is 19.3 Å². The largest absolute Gasteiger partial charge is 0.468 e. The first-order valence-electron chi connectivity index (χ1n) is 9.68. The van der Waals surface area contributed by atoms with Crippen LogP contribution in [0, 0.1) is 12.8 Å². The van der Waals surface area contributed by atoms with Gasteiger partial charge >= 0.3 is 0 Å². The van der Waals surface area contributed by atoms with Crippen LogP contribution >= 0.6 is 0 Å². The lowest BCUT2D eigenvalue weighted by Crippen LogP contribution is -2.17. The van der Waals surface area contributed by atoms with E-state index in [-0.39, 0.29) is 17.3 Å². The third-order valence-corrected chi connectivity index (χ3v) is 4.86. The van der Waals surface area contributed by atoms with Crippen LogP contribution in [0.1, 0.15) is 52.4 Å². The highest BCUT2D eigenvalue weighted by atomic mass is 16.6. The van der Waals surface area contributed by atoms with E-state index in [9.17, 15) is 9.90 Å². The Balaban J connectivity index is 2.71. The van der Waals surface area contributed by atoms with Crippen molar-refractivity contribution in [3.8, 4) is 5.95 Å². The Morgan fingerprint density at radius 1 is 1.32 bits per heavy atom. The first-order chi connectivity index (χ1) is 13.2. The molecule has 1 N–H and O–H groups in total. The molecule has 4 heteroatoms. The highest BCUT2D eigenvalue weighted by Gasteiger charge is 2.12. The second kappa shape index (κ2) is 11.5. The van der Waals surface area contributed by atoms with Crippen LogP contribution in [0.2, 0.25) is 0 Å². The number of allylic oxidation sites excluding steroid dienone is 6. The van der Waals surface area contributed by atoms with Gasteiger partial charge in [0.2, 0.25) is 0 Å². The standard InChI is InChI=1S/C24H34O4/c1-8-18(4)24(26)19(5)14-17(3)11-9-10-16(2)12-13-22-20(6)21(25)15-23(27-7)28-22/h8-9,11-12,14-15,19,24,26H,10,13H2,1-7H3/b11-9+,16-12+,17-14+,18-8+/t19-,24+/m1/s1. The van der Waals surface area contributed by atoms with Crippen molar-refractivity contribution >= 4 is 0 Å². The van der Waals surface area contributed by atoms with Crippen molar-refractivity contribution in [3.05, 3.63) is 74.7 Å². The number of rotatable bonds is 9. The second-order valence-corrected chi connectivity index (χ2v) is 7.29. The molecule has 0 fully saturated rings. The molecule has 0 amide bonds. The zero-order valence-corrected chi connectivity index (χ0v) is 18.2. The molecule has 0 aliphatic carbocycles. The molecule has 1 rings (SSSR count). The molecule has 0 saturated carbocycles. The summed E-state index contributed by atoms with van der Waals surface area (Å²) in [5, 5.41) is 10.2. The van der Waals surface area contributed by atoms with E-state index in [0.29, 0.717) is 17.7 Å². The van der Waals surface area contributed by atoms with Crippen molar-refractivity contribution in [2.24, 2.45) is 5.92 Å². The maximum absolute atomic E-state index is 11.9. The van der Waals surface area contributed by atoms with E-state index in [4.69, 9.17) is 9.15 Å². The molecule has 0 aliphatic rings. The minimum absolute atomic E-state index is 0.0661. The quantitative estimate of drug-likeness (QED) is 0.462. The lowest BCUT2D eigenvalue weighted by molar-refractivity contribution is 0.173. The minimum Gasteiger partial charge on any atom is -0.468 e. The summed E-state index contributed by atoms with van der Waals surface area (Å²) in [6.07, 6.45) is 11.2. The monoisotopic (exact) mass is 386 g/mol. The molecular weight excluding hydrogens is 352 g/mol. The van der Waals surface area contributed by atoms with Crippen LogP contribution in [-0.4, -0.2) is 18.3 Å². The van der Waals surface area contributed by atoms with Gasteiger partial charge in [0.25, 0.3) is 5.95 Å². The number of ether oxygens (including phenoxy) is 1. The van der Waals surface area contributed by atoms with Crippen molar-refractivity contribution in [1.82, 2.24) is 0 Å². The summed E-state index contributed by atoms with van der Waals surface area (Å²) in [5.41, 5.74) is 3.83. The third kappa shape index (κ3) is 7.35. The van der Waals surface area contributed by atoms with Gasteiger partial charge < -0.3 is 14.3 Å². The highest BCUT2D eigenvalue weighted by Crippen LogP contribution is 2.17. The zero-order chi connectivity index (χ0) is 21.3.